The van der Waals surface area contributed by atoms with E-state index >= 15 is 0 Å². The molecule has 0 aromatic rings. The molecular formula is C14H32CaO18. The third-order valence-corrected chi connectivity index (χ3v) is 3.72. The molecule has 0 spiro atoms. The van der Waals surface area contributed by atoms with Crippen molar-refractivity contribution in [2.24, 2.45) is 0 Å². The third kappa shape index (κ3) is 14.6. The van der Waals surface area contributed by atoms with Crippen LogP contribution in [-0.4, -0.2) is 206 Å². The van der Waals surface area contributed by atoms with Crippen molar-refractivity contribution >= 4 is 49.7 Å². The van der Waals surface area contributed by atoms with E-state index in [0.717, 1.165) is 0 Å². The Hall–Kier alpha value is -0.360. The van der Waals surface area contributed by atoms with E-state index in [1.165, 1.54) is 0 Å². The largest absolute Gasteiger partial charge is 0.479 e. The normalized spacial score (nSPS) is 19.5. The first-order valence-electron chi connectivity index (χ1n) is 8.13. The maximum absolute atomic E-state index is 10.2. The van der Waals surface area contributed by atoms with Gasteiger partial charge >= 0.3 is 11.9 Å². The van der Waals surface area contributed by atoms with Crippen LogP contribution in [0.3, 0.4) is 0 Å². The predicted molar refractivity (Wildman–Crippen MR) is 102 cm³/mol. The maximum atomic E-state index is 10.2. The van der Waals surface area contributed by atoms with Gasteiger partial charge in [0.15, 0.2) is 12.2 Å². The molecule has 0 rings (SSSR count). The van der Waals surface area contributed by atoms with Crippen LogP contribution < -0.4 is 0 Å². The number of carboxylic acid groups (broad SMARTS) is 2. The van der Waals surface area contributed by atoms with E-state index in [9.17, 15) is 9.59 Å². The molecule has 0 saturated heterocycles. The van der Waals surface area contributed by atoms with Crippen molar-refractivity contribution in [3.05, 3.63) is 0 Å². The topological polar surface area (TPSA) is 380 Å². The molecule has 0 bridgehead atoms. The Morgan fingerprint density at radius 2 is 0.697 bits per heavy atom. The Balaban J connectivity index is -0.000000145. The zero-order valence-corrected chi connectivity index (χ0v) is 19.2. The first-order valence-corrected chi connectivity index (χ1v) is 8.13. The molecule has 0 fully saturated rings. The van der Waals surface area contributed by atoms with E-state index in [4.69, 9.17) is 71.5 Å². The smallest absolute Gasteiger partial charge is 0.335 e. The standard InChI is InChI=1S/2C7H14O8.Ca.2H2O/c2*8-1-2(9)3(10)4(11)5(12)6(13)7(14)15;;;/h2*2-6,8-13H,1H2,(H,14,15);;2*1H2/t2*2-,3-,4+,5-,6-;;;/m11.../s1. The minimum Gasteiger partial charge on any atom is -0.479 e. The summed E-state index contributed by atoms with van der Waals surface area (Å²) in [6.07, 6.45) is -20.5. The van der Waals surface area contributed by atoms with Crippen LogP contribution in [0.2, 0.25) is 0 Å². The Morgan fingerprint density at radius 3 is 0.848 bits per heavy atom. The minimum absolute atomic E-state index is 0. The SMILES string of the molecule is O.O.O=C(O)[C@H](O)[C@H](O)[C@@H](O)[C@H](O)[C@H](O)CO.O=C(O)[C@H](O)[C@H](O)[C@@H](O)[C@H](O)[C@H](O)CO.[Ca]. The second-order valence-corrected chi connectivity index (χ2v) is 6.01. The third-order valence-electron chi connectivity index (χ3n) is 3.72. The summed E-state index contributed by atoms with van der Waals surface area (Å²) in [5.74, 6) is -3.57. The summed E-state index contributed by atoms with van der Waals surface area (Å²) in [4.78, 5) is 20.4. The average molecular weight is 528 g/mol. The molecule has 0 aliphatic rings. The molecule has 0 heterocycles. The second-order valence-electron chi connectivity index (χ2n) is 6.01. The summed E-state index contributed by atoms with van der Waals surface area (Å²) in [7, 11) is 0. The fraction of sp³-hybridized carbons (Fsp3) is 0.857. The van der Waals surface area contributed by atoms with Gasteiger partial charge in [-0.3, -0.25) is 0 Å². The number of carboxylic acids is 2. The van der Waals surface area contributed by atoms with E-state index in [0.29, 0.717) is 0 Å². The molecule has 18 nitrogen and oxygen atoms in total. The minimum atomic E-state index is -2.29. The fourth-order valence-corrected chi connectivity index (χ4v) is 1.74. The zero-order chi connectivity index (χ0) is 24.3. The number of carbonyl (C=O) groups is 2. The second kappa shape index (κ2) is 21.0. The van der Waals surface area contributed by atoms with E-state index in [1.807, 2.05) is 0 Å². The van der Waals surface area contributed by atoms with Gasteiger partial charge in [-0.15, -0.1) is 0 Å². The average Bonchev–Trinajstić information content (AvgIpc) is 2.73. The molecule has 33 heavy (non-hydrogen) atoms. The van der Waals surface area contributed by atoms with Crippen molar-refractivity contribution in [2.45, 2.75) is 61.0 Å². The van der Waals surface area contributed by atoms with Crippen molar-refractivity contribution in [3.63, 3.8) is 0 Å². The molecular weight excluding hydrogens is 496 g/mol. The van der Waals surface area contributed by atoms with Crippen LogP contribution in [0.5, 0.6) is 0 Å². The zero-order valence-electron chi connectivity index (χ0n) is 17.0. The van der Waals surface area contributed by atoms with Crippen molar-refractivity contribution in [2.75, 3.05) is 13.2 Å². The molecule has 0 aromatic heterocycles. The first kappa shape index (κ1) is 42.8. The van der Waals surface area contributed by atoms with E-state index in [1.54, 1.807) is 0 Å². The van der Waals surface area contributed by atoms with Gasteiger partial charge in [0.05, 0.1) is 13.2 Å². The Labute approximate surface area is 215 Å². The molecule has 10 atom stereocenters. The fourth-order valence-electron chi connectivity index (χ4n) is 1.74. The van der Waals surface area contributed by atoms with Crippen LogP contribution >= 0.6 is 0 Å². The van der Waals surface area contributed by atoms with Crippen LogP contribution in [0.1, 0.15) is 0 Å². The first-order chi connectivity index (χ1) is 13.6. The van der Waals surface area contributed by atoms with Crippen LogP contribution in [-0.2, 0) is 9.59 Å². The number of aliphatic carboxylic acids is 2. The molecule has 19 heteroatoms. The number of hydrogen-bond donors (Lipinski definition) is 14. The number of rotatable bonds is 12. The quantitative estimate of drug-likeness (QED) is 0.104. The molecule has 198 valence electrons. The Kier molecular flexibility index (Phi) is 27.2. The Bertz CT molecular complexity index is 467. The summed E-state index contributed by atoms with van der Waals surface area (Å²) in [5, 5.41) is 123. The van der Waals surface area contributed by atoms with Crippen LogP contribution in [0.4, 0.5) is 0 Å². The van der Waals surface area contributed by atoms with Gasteiger partial charge in [0.1, 0.15) is 48.8 Å². The molecule has 0 aliphatic heterocycles. The van der Waals surface area contributed by atoms with Crippen LogP contribution in [0.15, 0.2) is 0 Å². The van der Waals surface area contributed by atoms with E-state index in [2.05, 4.69) is 0 Å². The molecule has 0 aliphatic carbocycles. The molecule has 0 aromatic carbocycles. The van der Waals surface area contributed by atoms with Crippen molar-refractivity contribution < 1.29 is 92.0 Å². The van der Waals surface area contributed by atoms with Gasteiger partial charge in [-0.2, -0.15) is 0 Å². The number of aliphatic hydroxyl groups is 12. The molecule has 0 saturated carbocycles. The van der Waals surface area contributed by atoms with E-state index in [-0.39, 0.29) is 48.7 Å². The maximum Gasteiger partial charge on any atom is 0.335 e. The van der Waals surface area contributed by atoms with Gasteiger partial charge in [-0.25, -0.2) is 9.59 Å². The summed E-state index contributed by atoms with van der Waals surface area (Å²) in [5.41, 5.74) is 0. The molecule has 18 N–H and O–H groups in total. The van der Waals surface area contributed by atoms with Gasteiger partial charge in [0, 0.05) is 37.7 Å². The Morgan fingerprint density at radius 1 is 0.485 bits per heavy atom. The number of hydrogen-bond acceptors (Lipinski definition) is 14. The van der Waals surface area contributed by atoms with Gasteiger partial charge < -0.3 is 82.4 Å². The summed E-state index contributed by atoms with van der Waals surface area (Å²) < 4.78 is 0. The van der Waals surface area contributed by atoms with Gasteiger partial charge in [0.25, 0.3) is 0 Å². The van der Waals surface area contributed by atoms with Crippen molar-refractivity contribution in [1.29, 1.82) is 0 Å². The van der Waals surface area contributed by atoms with Crippen molar-refractivity contribution in [3.8, 4) is 0 Å². The predicted octanol–water partition coefficient (Wildman–Crippen LogP) is -10.3. The molecule has 0 unspecified atom stereocenters. The summed E-state index contributed by atoms with van der Waals surface area (Å²) in [6.45, 7) is -1.76. The van der Waals surface area contributed by atoms with Crippen molar-refractivity contribution in [1.82, 2.24) is 0 Å². The van der Waals surface area contributed by atoms with Gasteiger partial charge in [-0.05, 0) is 0 Å². The molecule has 2 radical (unpaired) electrons. The summed E-state index contributed by atoms with van der Waals surface area (Å²) in [6, 6.07) is 0. The van der Waals surface area contributed by atoms with Gasteiger partial charge in [0.2, 0.25) is 0 Å². The number of aliphatic hydroxyl groups excluding tert-OH is 12. The van der Waals surface area contributed by atoms with Gasteiger partial charge in [-0.1, -0.05) is 0 Å². The monoisotopic (exact) mass is 528 g/mol. The summed E-state index contributed by atoms with van der Waals surface area (Å²) >= 11 is 0. The van der Waals surface area contributed by atoms with Crippen LogP contribution in [0.25, 0.3) is 0 Å². The molecule has 0 amide bonds. The van der Waals surface area contributed by atoms with E-state index < -0.39 is 86.2 Å². The van der Waals surface area contributed by atoms with Crippen LogP contribution in [0, 0.1) is 0 Å².